The maximum Gasteiger partial charge on any atom is 0.407 e. The molecule has 1 aliphatic rings. The molecule has 3 N–H and O–H groups in total. The number of amides is 2. The van der Waals surface area contributed by atoms with Crippen LogP contribution < -0.4 is 10.6 Å². The lowest BCUT2D eigenvalue weighted by atomic mass is 9.94. The number of alkyl carbamates (subject to hydrolysis) is 1. The van der Waals surface area contributed by atoms with Gasteiger partial charge in [0.25, 0.3) is 0 Å². The van der Waals surface area contributed by atoms with Gasteiger partial charge in [-0.25, -0.2) is 4.79 Å². The summed E-state index contributed by atoms with van der Waals surface area (Å²) in [5.74, 6) is -0.0699. The standard InChI is InChI=1S/C14H25N3O3/c1-14(2,3)20-13(19)16-9-8-12(18)17-11-6-4-10(15)5-7-11/h11,15H,4-9H2,1-3H3,(H,16,19)(H,17,18). The highest BCUT2D eigenvalue weighted by atomic mass is 16.6. The van der Waals surface area contributed by atoms with Crippen LogP contribution in [-0.4, -0.2) is 35.9 Å². The quantitative estimate of drug-likeness (QED) is 0.736. The number of rotatable bonds is 4. The van der Waals surface area contributed by atoms with E-state index in [9.17, 15) is 9.59 Å². The van der Waals surface area contributed by atoms with Gasteiger partial charge in [-0.3, -0.25) is 4.79 Å². The molecule has 0 atom stereocenters. The minimum Gasteiger partial charge on any atom is -0.444 e. The van der Waals surface area contributed by atoms with Crippen LogP contribution in [0.4, 0.5) is 4.79 Å². The molecule has 1 saturated carbocycles. The summed E-state index contributed by atoms with van der Waals surface area (Å²) in [6.45, 7) is 5.64. The highest BCUT2D eigenvalue weighted by molar-refractivity contribution is 5.82. The molecule has 0 bridgehead atoms. The van der Waals surface area contributed by atoms with E-state index in [1.165, 1.54) is 0 Å². The van der Waals surface area contributed by atoms with Crippen LogP contribution in [-0.2, 0) is 9.53 Å². The number of carbonyl (C=O) groups is 2. The summed E-state index contributed by atoms with van der Waals surface area (Å²) < 4.78 is 5.08. The molecule has 0 aromatic carbocycles. The van der Waals surface area contributed by atoms with Crippen molar-refractivity contribution in [2.45, 2.75) is 64.5 Å². The van der Waals surface area contributed by atoms with E-state index in [1.54, 1.807) is 20.8 Å². The third-order valence-corrected chi connectivity index (χ3v) is 2.97. The molecule has 1 fully saturated rings. The predicted octanol–water partition coefficient (Wildman–Crippen LogP) is 1.98. The van der Waals surface area contributed by atoms with Crippen molar-refractivity contribution in [2.75, 3.05) is 6.54 Å². The summed E-state index contributed by atoms with van der Waals surface area (Å²) in [5, 5.41) is 13.0. The molecule has 0 heterocycles. The zero-order valence-electron chi connectivity index (χ0n) is 12.5. The molecule has 1 rings (SSSR count). The van der Waals surface area contributed by atoms with Gasteiger partial charge in [-0.2, -0.15) is 0 Å². The van der Waals surface area contributed by atoms with Gasteiger partial charge in [0.1, 0.15) is 5.60 Å². The van der Waals surface area contributed by atoms with Gasteiger partial charge >= 0.3 is 6.09 Å². The molecule has 0 spiro atoms. The summed E-state index contributed by atoms with van der Waals surface area (Å²) in [4.78, 5) is 23.1. The average Bonchev–Trinajstić information content (AvgIpc) is 2.29. The summed E-state index contributed by atoms with van der Waals surface area (Å²) in [6.07, 6.45) is 2.94. The third kappa shape index (κ3) is 7.11. The second-order valence-electron chi connectivity index (χ2n) is 6.12. The van der Waals surface area contributed by atoms with Crippen LogP contribution in [0.3, 0.4) is 0 Å². The first-order chi connectivity index (χ1) is 9.26. The molecule has 6 nitrogen and oxygen atoms in total. The Bertz CT molecular complexity index is 364. The second-order valence-corrected chi connectivity index (χ2v) is 6.12. The Labute approximate surface area is 120 Å². The highest BCUT2D eigenvalue weighted by Gasteiger charge is 2.19. The third-order valence-electron chi connectivity index (χ3n) is 2.97. The zero-order valence-corrected chi connectivity index (χ0v) is 12.5. The molecule has 0 radical (unpaired) electrons. The van der Waals surface area contributed by atoms with Gasteiger partial charge in [-0.15, -0.1) is 0 Å². The first kappa shape index (κ1) is 16.5. The molecular weight excluding hydrogens is 258 g/mol. The van der Waals surface area contributed by atoms with Crippen LogP contribution in [0.25, 0.3) is 0 Å². The van der Waals surface area contributed by atoms with E-state index in [-0.39, 0.29) is 24.9 Å². The molecule has 0 saturated heterocycles. The number of ether oxygens (including phenoxy) is 1. The lowest BCUT2D eigenvalue weighted by Gasteiger charge is -2.23. The van der Waals surface area contributed by atoms with E-state index >= 15 is 0 Å². The molecule has 2 amide bonds. The maximum atomic E-state index is 11.7. The molecule has 0 aliphatic heterocycles. The largest absolute Gasteiger partial charge is 0.444 e. The molecule has 20 heavy (non-hydrogen) atoms. The van der Waals surface area contributed by atoms with Crippen molar-refractivity contribution < 1.29 is 14.3 Å². The van der Waals surface area contributed by atoms with E-state index in [4.69, 9.17) is 10.1 Å². The zero-order chi connectivity index (χ0) is 15.2. The summed E-state index contributed by atoms with van der Waals surface area (Å²) in [5.41, 5.74) is 0.237. The minimum atomic E-state index is -0.529. The van der Waals surface area contributed by atoms with E-state index < -0.39 is 11.7 Å². The first-order valence-corrected chi connectivity index (χ1v) is 7.09. The van der Waals surface area contributed by atoms with Gasteiger partial charge in [-0.1, -0.05) is 0 Å². The highest BCUT2D eigenvalue weighted by Crippen LogP contribution is 2.14. The van der Waals surface area contributed by atoms with Crippen molar-refractivity contribution in [2.24, 2.45) is 0 Å². The number of hydrogen-bond donors (Lipinski definition) is 3. The molecule has 0 unspecified atom stereocenters. The Morgan fingerprint density at radius 2 is 1.90 bits per heavy atom. The van der Waals surface area contributed by atoms with E-state index in [0.29, 0.717) is 0 Å². The van der Waals surface area contributed by atoms with Gasteiger partial charge in [-0.05, 0) is 46.5 Å². The van der Waals surface area contributed by atoms with Gasteiger partial charge in [0.05, 0.1) is 0 Å². The van der Waals surface area contributed by atoms with Crippen molar-refractivity contribution in [3.05, 3.63) is 0 Å². The Morgan fingerprint density at radius 3 is 2.45 bits per heavy atom. The topological polar surface area (TPSA) is 91.3 Å². The van der Waals surface area contributed by atoms with Crippen molar-refractivity contribution in [1.29, 1.82) is 5.41 Å². The fraction of sp³-hybridized carbons (Fsp3) is 0.786. The predicted molar refractivity (Wildman–Crippen MR) is 77.0 cm³/mol. The van der Waals surface area contributed by atoms with Crippen molar-refractivity contribution in [1.82, 2.24) is 10.6 Å². The molecule has 1 aliphatic carbocycles. The molecular formula is C14H25N3O3. The molecule has 0 aromatic heterocycles. The summed E-state index contributed by atoms with van der Waals surface area (Å²) in [7, 11) is 0. The monoisotopic (exact) mass is 283 g/mol. The Balaban J connectivity index is 2.14. The first-order valence-electron chi connectivity index (χ1n) is 7.09. The maximum absolute atomic E-state index is 11.7. The van der Waals surface area contributed by atoms with Crippen LogP contribution in [0.2, 0.25) is 0 Å². The smallest absolute Gasteiger partial charge is 0.407 e. The molecule has 0 aromatic rings. The lowest BCUT2D eigenvalue weighted by molar-refractivity contribution is -0.121. The molecule has 114 valence electrons. The number of carbonyl (C=O) groups excluding carboxylic acids is 2. The van der Waals surface area contributed by atoms with E-state index in [1.807, 2.05) is 0 Å². The van der Waals surface area contributed by atoms with Crippen LogP contribution in [0.5, 0.6) is 0 Å². The number of nitrogens with one attached hydrogen (secondary N) is 3. The van der Waals surface area contributed by atoms with Gasteiger partial charge in [0, 0.05) is 24.7 Å². The SMILES string of the molecule is CC(C)(C)OC(=O)NCCC(=O)NC1CCC(=N)CC1. The van der Waals surface area contributed by atoms with Crippen molar-refractivity contribution >= 4 is 17.7 Å². The fourth-order valence-corrected chi connectivity index (χ4v) is 2.00. The minimum absolute atomic E-state index is 0.0699. The van der Waals surface area contributed by atoms with Crippen LogP contribution in [0, 0.1) is 5.41 Å². The van der Waals surface area contributed by atoms with Crippen LogP contribution >= 0.6 is 0 Å². The fourth-order valence-electron chi connectivity index (χ4n) is 2.00. The van der Waals surface area contributed by atoms with E-state index in [0.717, 1.165) is 31.4 Å². The second kappa shape index (κ2) is 7.26. The Morgan fingerprint density at radius 1 is 1.30 bits per heavy atom. The summed E-state index contributed by atoms with van der Waals surface area (Å²) in [6, 6.07) is 0.165. The molecule has 6 heteroatoms. The van der Waals surface area contributed by atoms with Crippen molar-refractivity contribution in [3.63, 3.8) is 0 Å². The van der Waals surface area contributed by atoms with Crippen molar-refractivity contribution in [3.8, 4) is 0 Å². The van der Waals surface area contributed by atoms with E-state index in [2.05, 4.69) is 10.6 Å². The number of hydrogen-bond acceptors (Lipinski definition) is 4. The summed E-state index contributed by atoms with van der Waals surface area (Å²) >= 11 is 0. The van der Waals surface area contributed by atoms with Gasteiger partial charge in [0.15, 0.2) is 0 Å². The van der Waals surface area contributed by atoms with Crippen LogP contribution in [0.15, 0.2) is 0 Å². The lowest BCUT2D eigenvalue weighted by Crippen LogP contribution is -2.40. The van der Waals surface area contributed by atoms with Gasteiger partial charge < -0.3 is 20.8 Å². The van der Waals surface area contributed by atoms with Crippen LogP contribution in [0.1, 0.15) is 52.9 Å². The normalized spacial score (nSPS) is 19.4. The Kier molecular flexibility index (Phi) is 5.98. The average molecular weight is 283 g/mol. The Hall–Kier alpha value is -1.59. The van der Waals surface area contributed by atoms with Gasteiger partial charge in [0.2, 0.25) is 5.91 Å².